The molecule has 0 spiro atoms. The van der Waals surface area contributed by atoms with Crippen molar-refractivity contribution >= 4 is 30.7 Å². The van der Waals surface area contributed by atoms with Crippen LogP contribution in [-0.4, -0.2) is 69.5 Å². The highest BCUT2D eigenvalue weighted by molar-refractivity contribution is 7.99. The third kappa shape index (κ3) is 3.50. The number of aliphatic hydroxyl groups is 2. The summed E-state index contributed by atoms with van der Waals surface area (Å²) < 4.78 is 22.5. The largest absolute Gasteiger partial charge is 0.470 e. The van der Waals surface area contributed by atoms with E-state index in [-0.39, 0.29) is 11.2 Å². The smallest absolute Gasteiger partial charge is 0.387 e. The van der Waals surface area contributed by atoms with E-state index in [2.05, 4.69) is 19.5 Å². The second kappa shape index (κ2) is 6.78. The van der Waals surface area contributed by atoms with Crippen molar-refractivity contribution < 1.29 is 33.8 Å². The van der Waals surface area contributed by atoms with Crippen LogP contribution in [0.2, 0.25) is 0 Å². The van der Waals surface area contributed by atoms with Crippen molar-refractivity contribution in [3.8, 4) is 0 Å². The minimum absolute atomic E-state index is 0.0177. The summed E-state index contributed by atoms with van der Waals surface area (Å²) in [7, 11) is -4.83. The first-order valence-corrected chi connectivity index (χ1v) is 9.73. The van der Waals surface area contributed by atoms with Gasteiger partial charge in [0.2, 0.25) is 0 Å². The summed E-state index contributed by atoms with van der Waals surface area (Å²) in [5.74, 6) is 0. The first kappa shape index (κ1) is 18.5. The highest BCUT2D eigenvalue weighted by Gasteiger charge is 2.49. The number of hydrogen-bond acceptors (Lipinski definition) is 9. The maximum Gasteiger partial charge on any atom is 0.470 e. The number of hydrogen-bond donors (Lipinski definition) is 5. The number of phosphoric acid groups is 1. The van der Waals surface area contributed by atoms with Crippen LogP contribution in [0.5, 0.6) is 0 Å². The molecule has 3 rings (SSSR count). The van der Waals surface area contributed by atoms with Gasteiger partial charge in [0, 0.05) is 0 Å². The van der Waals surface area contributed by atoms with Crippen LogP contribution in [0.4, 0.5) is 0 Å². The van der Waals surface area contributed by atoms with E-state index in [0.717, 1.165) is 18.1 Å². The monoisotopic (exact) mass is 394 g/mol. The Morgan fingerprint density at radius 2 is 2.12 bits per heavy atom. The van der Waals surface area contributed by atoms with Crippen LogP contribution in [0.25, 0.3) is 11.2 Å². The standard InChI is InChI=1S/C11H15N4O8PS/c1-25-11(23-24(19,20)21)7-5(16)6(17)10(22-7)15-3-14-4-8(15)12-2-13-9(4)18/h2-3,5-7,10-11,16-17H,1H3,(H,12,13,18)(H2,19,20,21)/t5-,6+,7-,10+,11?/m0/s1. The van der Waals surface area contributed by atoms with E-state index in [9.17, 15) is 19.6 Å². The van der Waals surface area contributed by atoms with E-state index in [0.29, 0.717) is 0 Å². The van der Waals surface area contributed by atoms with E-state index >= 15 is 0 Å². The topological polar surface area (TPSA) is 180 Å². The predicted molar refractivity (Wildman–Crippen MR) is 84.5 cm³/mol. The van der Waals surface area contributed by atoms with Crippen LogP contribution in [-0.2, 0) is 13.8 Å². The molecular formula is C11H15N4O8PS. The number of nitrogens with zero attached hydrogens (tertiary/aromatic N) is 3. The molecule has 1 aliphatic rings. The van der Waals surface area contributed by atoms with Gasteiger partial charge in [-0.3, -0.25) is 13.9 Å². The zero-order chi connectivity index (χ0) is 18.4. The molecule has 0 aromatic carbocycles. The van der Waals surface area contributed by atoms with Crippen molar-refractivity contribution in [1.29, 1.82) is 0 Å². The molecule has 1 saturated heterocycles. The molecule has 14 heteroatoms. The molecule has 2 aromatic heterocycles. The first-order valence-electron chi connectivity index (χ1n) is 6.91. The number of aliphatic hydroxyl groups excluding tert-OH is 2. The van der Waals surface area contributed by atoms with Crippen molar-refractivity contribution in [3.05, 3.63) is 23.0 Å². The van der Waals surface area contributed by atoms with Crippen LogP contribution in [0.1, 0.15) is 6.23 Å². The fourth-order valence-corrected chi connectivity index (χ4v) is 4.13. The Hall–Kier alpha value is -1.31. The summed E-state index contributed by atoms with van der Waals surface area (Å²) >= 11 is 0.899. The molecule has 0 aliphatic carbocycles. The van der Waals surface area contributed by atoms with Crippen molar-refractivity contribution in [2.75, 3.05) is 6.26 Å². The van der Waals surface area contributed by atoms with Crippen LogP contribution < -0.4 is 5.56 Å². The number of thioether (sulfide) groups is 1. The molecular weight excluding hydrogens is 379 g/mol. The summed E-state index contributed by atoms with van der Waals surface area (Å²) in [6.45, 7) is 0. The van der Waals surface area contributed by atoms with Crippen LogP contribution >= 0.6 is 19.6 Å². The van der Waals surface area contributed by atoms with Gasteiger partial charge in [-0.25, -0.2) is 14.5 Å². The van der Waals surface area contributed by atoms with E-state index < -0.39 is 43.4 Å². The van der Waals surface area contributed by atoms with Gasteiger partial charge in [0.25, 0.3) is 5.56 Å². The number of ether oxygens (including phenoxy) is 1. The van der Waals surface area contributed by atoms with Gasteiger partial charge in [-0.1, -0.05) is 0 Å². The van der Waals surface area contributed by atoms with Gasteiger partial charge in [-0.15, -0.1) is 11.8 Å². The Bertz CT molecular complexity index is 867. The fourth-order valence-electron chi connectivity index (χ4n) is 2.56. The Morgan fingerprint density at radius 3 is 2.76 bits per heavy atom. The number of imidazole rings is 1. The van der Waals surface area contributed by atoms with Gasteiger partial charge in [-0.05, 0) is 6.26 Å². The lowest BCUT2D eigenvalue weighted by molar-refractivity contribution is -0.0582. The number of H-pyrrole nitrogens is 1. The van der Waals surface area contributed by atoms with Gasteiger partial charge < -0.3 is 29.7 Å². The maximum atomic E-state index is 11.7. The fraction of sp³-hybridized carbons (Fsp3) is 0.545. The zero-order valence-electron chi connectivity index (χ0n) is 12.7. The third-order valence-corrected chi connectivity index (χ3v) is 5.13. The lowest BCUT2D eigenvalue weighted by atomic mass is 10.1. The van der Waals surface area contributed by atoms with Crippen molar-refractivity contribution in [2.45, 2.75) is 30.0 Å². The van der Waals surface area contributed by atoms with Crippen LogP contribution in [0.3, 0.4) is 0 Å². The molecule has 12 nitrogen and oxygen atoms in total. The molecule has 3 heterocycles. The molecule has 0 amide bonds. The lowest BCUT2D eigenvalue weighted by Crippen LogP contribution is -2.38. The third-order valence-electron chi connectivity index (χ3n) is 3.66. The van der Waals surface area contributed by atoms with Gasteiger partial charge >= 0.3 is 7.82 Å². The molecule has 138 valence electrons. The summed E-state index contributed by atoms with van der Waals surface area (Å²) in [5.41, 5.74) is -1.58. The average molecular weight is 394 g/mol. The predicted octanol–water partition coefficient (Wildman–Crippen LogP) is -1.46. The number of nitrogens with one attached hydrogen (secondary N) is 1. The van der Waals surface area contributed by atoms with E-state index in [1.165, 1.54) is 17.2 Å². The summed E-state index contributed by atoms with van der Waals surface area (Å²) in [6.07, 6.45) is -1.49. The van der Waals surface area contributed by atoms with Gasteiger partial charge in [-0.2, -0.15) is 0 Å². The molecule has 5 N–H and O–H groups in total. The number of phosphoric ester groups is 1. The Morgan fingerprint density at radius 1 is 1.40 bits per heavy atom. The van der Waals surface area contributed by atoms with Gasteiger partial charge in [0.15, 0.2) is 17.4 Å². The summed E-state index contributed by atoms with van der Waals surface area (Å²) in [6, 6.07) is 0. The maximum absolute atomic E-state index is 11.7. The molecule has 0 radical (unpaired) electrons. The van der Waals surface area contributed by atoms with E-state index in [4.69, 9.17) is 14.5 Å². The normalized spacial score (nSPS) is 28.5. The van der Waals surface area contributed by atoms with Gasteiger partial charge in [0.1, 0.15) is 23.7 Å². The van der Waals surface area contributed by atoms with Gasteiger partial charge in [0.05, 0.1) is 12.7 Å². The number of rotatable bonds is 5. The molecule has 0 bridgehead atoms. The molecule has 25 heavy (non-hydrogen) atoms. The molecule has 1 unspecified atom stereocenters. The highest BCUT2D eigenvalue weighted by atomic mass is 32.2. The van der Waals surface area contributed by atoms with Crippen LogP contribution in [0, 0.1) is 0 Å². The average Bonchev–Trinajstić information content (AvgIpc) is 3.08. The number of fused-ring (bicyclic) bond motifs is 1. The quantitative estimate of drug-likeness (QED) is 0.295. The second-order valence-corrected chi connectivity index (χ2v) is 7.36. The number of aromatic amines is 1. The Balaban J connectivity index is 1.92. The molecule has 1 aliphatic heterocycles. The SMILES string of the molecule is CSC(OP(=O)(O)O)[C@H]1O[C@@H](n2cnc3c(=O)[nH]cnc32)[C@H](O)[C@@H]1O. The highest BCUT2D eigenvalue weighted by Crippen LogP contribution is 2.44. The minimum Gasteiger partial charge on any atom is -0.387 e. The number of aromatic nitrogens is 4. The lowest BCUT2D eigenvalue weighted by Gasteiger charge is -2.24. The van der Waals surface area contributed by atoms with Crippen LogP contribution in [0.15, 0.2) is 17.4 Å². The summed E-state index contributed by atoms with van der Waals surface area (Å²) in [5, 5.41) is 20.5. The van der Waals surface area contributed by atoms with Crippen molar-refractivity contribution in [2.24, 2.45) is 0 Å². The molecule has 0 saturated carbocycles. The van der Waals surface area contributed by atoms with Crippen molar-refractivity contribution in [1.82, 2.24) is 19.5 Å². The molecule has 2 aromatic rings. The van der Waals surface area contributed by atoms with E-state index in [1.807, 2.05) is 0 Å². The summed E-state index contributed by atoms with van der Waals surface area (Å²) in [4.78, 5) is 39.8. The molecule has 5 atom stereocenters. The van der Waals surface area contributed by atoms with Crippen molar-refractivity contribution in [3.63, 3.8) is 0 Å². The first-order chi connectivity index (χ1) is 11.7. The second-order valence-electron chi connectivity index (χ2n) is 5.23. The Labute approximate surface area is 144 Å². The minimum atomic E-state index is -4.83. The van der Waals surface area contributed by atoms with E-state index in [1.54, 1.807) is 0 Å². The zero-order valence-corrected chi connectivity index (χ0v) is 14.4. The Kier molecular flexibility index (Phi) is 5.01. The molecule has 1 fully saturated rings.